The summed E-state index contributed by atoms with van der Waals surface area (Å²) in [5, 5.41) is 7.80. The van der Waals surface area contributed by atoms with Crippen LogP contribution in [-0.2, 0) is 6.54 Å². The van der Waals surface area contributed by atoms with Gasteiger partial charge >= 0.3 is 0 Å². The third-order valence-corrected chi connectivity index (χ3v) is 2.73. The van der Waals surface area contributed by atoms with E-state index in [1.807, 2.05) is 6.20 Å². The molecule has 0 spiro atoms. The maximum atomic E-state index is 4.34. The van der Waals surface area contributed by atoms with E-state index < -0.39 is 0 Å². The minimum absolute atomic E-state index is 0.533. The summed E-state index contributed by atoms with van der Waals surface area (Å²) in [7, 11) is 0. The van der Waals surface area contributed by atoms with E-state index in [1.165, 1.54) is 11.3 Å². The van der Waals surface area contributed by atoms with Gasteiger partial charge in [0, 0.05) is 25.3 Å². The highest BCUT2D eigenvalue weighted by molar-refractivity contribution is 5.49. The predicted molar refractivity (Wildman–Crippen MR) is 73.9 cm³/mol. The number of aryl methyl sites for hydroxylation is 1. The van der Waals surface area contributed by atoms with Crippen molar-refractivity contribution in [1.29, 1.82) is 0 Å². The Balaban J connectivity index is 2.71. The van der Waals surface area contributed by atoms with Gasteiger partial charge in [0.15, 0.2) is 0 Å². The zero-order valence-electron chi connectivity index (χ0n) is 11.5. The van der Waals surface area contributed by atoms with Crippen LogP contribution in [0.3, 0.4) is 0 Å². The summed E-state index contributed by atoms with van der Waals surface area (Å²) in [4.78, 5) is 0. The lowest BCUT2D eigenvalue weighted by Crippen LogP contribution is -2.24. The molecule has 17 heavy (non-hydrogen) atoms. The predicted octanol–water partition coefficient (Wildman–Crippen LogP) is 3.08. The first kappa shape index (κ1) is 14.0. The van der Waals surface area contributed by atoms with Crippen LogP contribution in [0.15, 0.2) is 17.8 Å². The summed E-state index contributed by atoms with van der Waals surface area (Å²) in [5.74, 6) is 0. The molecule has 3 nitrogen and oxygen atoms in total. The minimum Gasteiger partial charge on any atom is -0.311 e. The van der Waals surface area contributed by atoms with Gasteiger partial charge in [-0.3, -0.25) is 4.68 Å². The van der Waals surface area contributed by atoms with Gasteiger partial charge in [0.05, 0.1) is 5.69 Å². The van der Waals surface area contributed by atoms with E-state index >= 15 is 0 Å². The van der Waals surface area contributed by atoms with Crippen LogP contribution in [0.25, 0.3) is 6.08 Å². The van der Waals surface area contributed by atoms with Gasteiger partial charge < -0.3 is 5.32 Å². The largest absolute Gasteiger partial charge is 0.311 e. The smallest absolute Gasteiger partial charge is 0.0609 e. The van der Waals surface area contributed by atoms with Crippen LogP contribution in [-0.4, -0.2) is 22.4 Å². The van der Waals surface area contributed by atoms with E-state index in [4.69, 9.17) is 0 Å². The molecule has 1 aromatic heterocycles. The van der Waals surface area contributed by atoms with Crippen molar-refractivity contribution >= 4 is 6.08 Å². The average molecular weight is 235 g/mol. The van der Waals surface area contributed by atoms with E-state index in [0.717, 1.165) is 25.9 Å². The van der Waals surface area contributed by atoms with E-state index in [9.17, 15) is 0 Å². The molecule has 1 N–H and O–H groups in total. The fourth-order valence-corrected chi connectivity index (χ4v) is 1.69. The van der Waals surface area contributed by atoms with Gasteiger partial charge in [-0.25, -0.2) is 0 Å². The summed E-state index contributed by atoms with van der Waals surface area (Å²) in [5.41, 5.74) is 2.64. The first-order valence-electron chi connectivity index (χ1n) is 6.62. The lowest BCUT2D eigenvalue weighted by atomic mass is 10.1. The Morgan fingerprint density at radius 3 is 2.82 bits per heavy atom. The number of hydrogen-bond acceptors (Lipinski definition) is 2. The maximum absolute atomic E-state index is 4.34. The van der Waals surface area contributed by atoms with E-state index in [2.05, 4.69) is 54.9 Å². The number of nitrogens with zero attached hydrogens (tertiary/aromatic N) is 2. The molecule has 0 bridgehead atoms. The van der Waals surface area contributed by atoms with Gasteiger partial charge in [-0.1, -0.05) is 33.3 Å². The first-order valence-corrected chi connectivity index (χ1v) is 6.62. The Bertz CT molecular complexity index is 350. The zero-order valence-corrected chi connectivity index (χ0v) is 11.5. The van der Waals surface area contributed by atoms with E-state index in [1.54, 1.807) is 0 Å². The molecule has 1 rings (SSSR count). The number of nitrogens with one attached hydrogen (secondary N) is 1. The van der Waals surface area contributed by atoms with Gasteiger partial charge in [-0.2, -0.15) is 5.10 Å². The lowest BCUT2D eigenvalue weighted by Gasteiger charge is -2.10. The summed E-state index contributed by atoms with van der Waals surface area (Å²) < 4.78 is 2.07. The molecule has 0 amide bonds. The lowest BCUT2D eigenvalue weighted by molar-refractivity contribution is 0.596. The molecule has 0 aromatic carbocycles. The van der Waals surface area contributed by atoms with E-state index in [0.29, 0.717) is 6.04 Å². The molecule has 3 heteroatoms. The highest BCUT2D eigenvalue weighted by Crippen LogP contribution is 2.09. The van der Waals surface area contributed by atoms with Crippen molar-refractivity contribution in [2.45, 2.75) is 53.1 Å². The maximum Gasteiger partial charge on any atom is 0.0609 e. The van der Waals surface area contributed by atoms with Gasteiger partial charge in [0.2, 0.25) is 0 Å². The molecular weight excluding hydrogens is 210 g/mol. The molecule has 0 saturated heterocycles. The highest BCUT2D eigenvalue weighted by atomic mass is 15.3. The molecule has 0 radical (unpaired) electrons. The molecular formula is C14H25N3. The summed E-state index contributed by atoms with van der Waals surface area (Å²) in [6, 6.07) is 2.62. The molecule has 96 valence electrons. The topological polar surface area (TPSA) is 29.9 Å². The van der Waals surface area contributed by atoms with Gasteiger partial charge in [-0.15, -0.1) is 0 Å². The third-order valence-electron chi connectivity index (χ3n) is 2.73. The Kier molecular flexibility index (Phi) is 5.98. The van der Waals surface area contributed by atoms with Crippen molar-refractivity contribution in [2.75, 3.05) is 6.54 Å². The standard InChI is InChI=1S/C14H25N3/c1-5-9-17-14(7-8-16-17)10-13(6-2)11-15-12(3)4/h7-8,10,12,15H,5-6,9,11H2,1-4H3/b13-10-. The SMILES string of the molecule is CCCn1nccc1/C=C(/CC)CNC(C)C. The van der Waals surface area contributed by atoms with Gasteiger partial charge in [0.1, 0.15) is 0 Å². The molecule has 1 heterocycles. The second kappa shape index (κ2) is 7.28. The van der Waals surface area contributed by atoms with Crippen LogP contribution in [0.1, 0.15) is 46.2 Å². The van der Waals surface area contributed by atoms with Crippen LogP contribution < -0.4 is 5.32 Å². The van der Waals surface area contributed by atoms with Crippen molar-refractivity contribution in [2.24, 2.45) is 0 Å². The quantitative estimate of drug-likeness (QED) is 0.787. The Morgan fingerprint density at radius 1 is 1.47 bits per heavy atom. The van der Waals surface area contributed by atoms with Crippen LogP contribution in [0.5, 0.6) is 0 Å². The monoisotopic (exact) mass is 235 g/mol. The second-order valence-corrected chi connectivity index (χ2v) is 4.67. The van der Waals surface area contributed by atoms with Crippen LogP contribution in [0, 0.1) is 0 Å². The molecule has 0 saturated carbocycles. The van der Waals surface area contributed by atoms with Crippen molar-refractivity contribution in [3.8, 4) is 0 Å². The zero-order chi connectivity index (χ0) is 12.7. The summed E-state index contributed by atoms with van der Waals surface area (Å²) in [6.45, 7) is 10.7. The van der Waals surface area contributed by atoms with Crippen LogP contribution in [0.2, 0.25) is 0 Å². The molecule has 1 aromatic rings. The fraction of sp³-hybridized carbons (Fsp3) is 0.643. The summed E-state index contributed by atoms with van der Waals surface area (Å²) in [6.07, 6.45) is 6.34. The molecule has 0 aliphatic rings. The minimum atomic E-state index is 0.533. The van der Waals surface area contributed by atoms with Crippen molar-refractivity contribution in [1.82, 2.24) is 15.1 Å². The third kappa shape index (κ3) is 4.73. The van der Waals surface area contributed by atoms with Crippen molar-refractivity contribution in [3.05, 3.63) is 23.5 Å². The average Bonchev–Trinajstić information content (AvgIpc) is 2.72. The fourth-order valence-electron chi connectivity index (χ4n) is 1.69. The molecule has 0 atom stereocenters. The molecule has 0 aliphatic heterocycles. The highest BCUT2D eigenvalue weighted by Gasteiger charge is 2.01. The van der Waals surface area contributed by atoms with Gasteiger partial charge in [0.25, 0.3) is 0 Å². The molecule has 0 aliphatic carbocycles. The molecule has 0 unspecified atom stereocenters. The molecule has 0 fully saturated rings. The summed E-state index contributed by atoms with van der Waals surface area (Å²) >= 11 is 0. The second-order valence-electron chi connectivity index (χ2n) is 4.67. The van der Waals surface area contributed by atoms with Crippen molar-refractivity contribution in [3.63, 3.8) is 0 Å². The Morgan fingerprint density at radius 2 is 2.24 bits per heavy atom. The first-order chi connectivity index (χ1) is 8.17. The van der Waals surface area contributed by atoms with Crippen molar-refractivity contribution < 1.29 is 0 Å². The van der Waals surface area contributed by atoms with Crippen LogP contribution >= 0.6 is 0 Å². The number of aromatic nitrogens is 2. The normalized spacial score (nSPS) is 12.4. The van der Waals surface area contributed by atoms with Gasteiger partial charge in [-0.05, 0) is 25.0 Å². The Labute approximate surface area is 105 Å². The number of rotatable bonds is 7. The van der Waals surface area contributed by atoms with E-state index in [-0.39, 0.29) is 0 Å². The number of hydrogen-bond donors (Lipinski definition) is 1. The Hall–Kier alpha value is -1.09. The van der Waals surface area contributed by atoms with Crippen LogP contribution in [0.4, 0.5) is 0 Å².